The molecule has 1 fully saturated rings. The number of fused-ring (bicyclic) bond motifs is 1. The van der Waals surface area contributed by atoms with Gasteiger partial charge < -0.3 is 14.7 Å². The van der Waals surface area contributed by atoms with E-state index in [1.807, 2.05) is 48.3 Å². The Balaban J connectivity index is 1.47. The molecule has 1 N–H and O–H groups in total. The van der Waals surface area contributed by atoms with Crippen molar-refractivity contribution < 1.29 is 19.4 Å². The summed E-state index contributed by atoms with van der Waals surface area (Å²) in [5.41, 5.74) is 3.56. The first-order chi connectivity index (χ1) is 16.4. The van der Waals surface area contributed by atoms with E-state index in [1.165, 1.54) is 0 Å². The van der Waals surface area contributed by atoms with E-state index in [2.05, 4.69) is 4.90 Å². The van der Waals surface area contributed by atoms with Gasteiger partial charge in [-0.2, -0.15) is 0 Å². The van der Waals surface area contributed by atoms with E-state index in [1.54, 1.807) is 22.9 Å². The summed E-state index contributed by atoms with van der Waals surface area (Å²) in [5, 5.41) is 13.6. The van der Waals surface area contributed by atoms with Crippen molar-refractivity contribution in [1.29, 1.82) is 0 Å². The van der Waals surface area contributed by atoms with Gasteiger partial charge in [0.05, 0.1) is 18.0 Å². The number of cyclic esters (lactones) is 1. The van der Waals surface area contributed by atoms with Gasteiger partial charge in [-0.1, -0.05) is 11.6 Å². The largest absolute Gasteiger partial charge is 0.444 e. The number of piperidine rings is 1. The topological polar surface area (TPSA) is 76.6 Å². The van der Waals surface area contributed by atoms with Crippen LogP contribution < -0.4 is 14.8 Å². The number of hydrazine groups is 1. The zero-order valence-corrected chi connectivity index (χ0v) is 20.4. The summed E-state index contributed by atoms with van der Waals surface area (Å²) in [4.78, 5) is 29.0. The molecule has 0 unspecified atom stereocenters. The molecule has 0 spiro atoms. The second-order valence-electron chi connectivity index (χ2n) is 8.53. The molecular weight excluding hydrogens is 456 g/mol. The van der Waals surface area contributed by atoms with Gasteiger partial charge in [0.1, 0.15) is 6.61 Å². The molecule has 182 valence electrons. The molecule has 2 heterocycles. The Morgan fingerprint density at radius 3 is 2.44 bits per heavy atom. The number of hydrogen-bond acceptors (Lipinski definition) is 6. The molecule has 0 atom stereocenters. The van der Waals surface area contributed by atoms with Gasteiger partial charge in [-0.25, -0.2) is 14.8 Å². The monoisotopic (exact) mass is 486 g/mol. The number of carbonyl (C=O) groups excluding carboxylic acids is 2. The molecule has 2 aliphatic heterocycles. The van der Waals surface area contributed by atoms with Crippen LogP contribution in [0, 0.1) is 0 Å². The lowest BCUT2D eigenvalue weighted by atomic mass is 10.0. The Labute approximate surface area is 205 Å². The summed E-state index contributed by atoms with van der Waals surface area (Å²) in [7, 11) is 0. The first-order valence-electron chi connectivity index (χ1n) is 11.7. The average Bonchev–Trinajstić information content (AvgIpc) is 2.84. The molecule has 9 heteroatoms. The molecule has 4 rings (SSSR count). The Hall–Kier alpha value is -2.81. The minimum absolute atomic E-state index is 0.0169. The van der Waals surface area contributed by atoms with E-state index in [0.29, 0.717) is 37.5 Å². The van der Waals surface area contributed by atoms with E-state index in [0.717, 1.165) is 29.2 Å². The van der Waals surface area contributed by atoms with Gasteiger partial charge in [-0.05, 0) is 62.2 Å². The molecule has 1 saturated heterocycles. The van der Waals surface area contributed by atoms with Gasteiger partial charge in [0.15, 0.2) is 0 Å². The number of amides is 2. The van der Waals surface area contributed by atoms with Crippen molar-refractivity contribution in [3.63, 3.8) is 0 Å². The number of halogens is 1. The standard InChI is InChI=1S/C25H31ClN4O4/c1-3-27(14-15-31)21-5-7-23(8-6-21)30(18(2)32)28-12-10-22(11-13-28)29-24-9-4-20(26)16-19(24)17-34-25(29)33/h4-9,16,22,31H,3,10-15,17H2,1-2H3. The second kappa shape index (κ2) is 10.6. The SMILES string of the molecule is CCN(CCO)c1ccc(N(C(C)=O)N2CCC(N3C(=O)OCc4cc(Cl)ccc43)CC2)cc1. The van der Waals surface area contributed by atoms with Crippen molar-refractivity contribution in [2.24, 2.45) is 0 Å². The molecule has 34 heavy (non-hydrogen) atoms. The first-order valence-corrected chi connectivity index (χ1v) is 12.1. The van der Waals surface area contributed by atoms with Gasteiger partial charge >= 0.3 is 6.09 Å². The van der Waals surface area contributed by atoms with Crippen LogP contribution in [-0.2, 0) is 16.1 Å². The number of aliphatic hydroxyl groups is 1. The Bertz CT molecular complexity index is 1020. The average molecular weight is 487 g/mol. The van der Waals surface area contributed by atoms with Crippen LogP contribution in [0.5, 0.6) is 0 Å². The normalized spacial score (nSPS) is 16.7. The summed E-state index contributed by atoms with van der Waals surface area (Å²) in [6.45, 7) is 6.53. The molecule has 0 aliphatic carbocycles. The van der Waals surface area contributed by atoms with Crippen LogP contribution in [-0.4, -0.2) is 60.9 Å². The molecule has 0 bridgehead atoms. The fourth-order valence-corrected chi connectivity index (χ4v) is 5.00. The number of rotatable bonds is 7. The molecule has 2 aromatic carbocycles. The third-order valence-corrected chi connectivity index (χ3v) is 6.68. The Morgan fingerprint density at radius 1 is 1.15 bits per heavy atom. The predicted molar refractivity (Wildman–Crippen MR) is 133 cm³/mol. The number of carbonyl (C=O) groups is 2. The van der Waals surface area contributed by atoms with Gasteiger partial charge in [0, 0.05) is 55.4 Å². The molecule has 2 aromatic rings. The van der Waals surface area contributed by atoms with E-state index in [4.69, 9.17) is 16.3 Å². The Morgan fingerprint density at radius 2 is 1.82 bits per heavy atom. The molecule has 8 nitrogen and oxygen atoms in total. The zero-order valence-electron chi connectivity index (χ0n) is 19.6. The van der Waals surface area contributed by atoms with E-state index in [-0.39, 0.29) is 31.3 Å². The summed E-state index contributed by atoms with van der Waals surface area (Å²) in [5.74, 6) is -0.0636. The fourth-order valence-electron chi connectivity index (χ4n) is 4.81. The maximum atomic E-state index is 12.6. The molecular formula is C25H31ClN4O4. The van der Waals surface area contributed by atoms with E-state index < -0.39 is 0 Å². The predicted octanol–water partition coefficient (Wildman–Crippen LogP) is 4.05. The van der Waals surface area contributed by atoms with Gasteiger partial charge in [0.25, 0.3) is 0 Å². The van der Waals surface area contributed by atoms with Gasteiger partial charge in [0.2, 0.25) is 5.91 Å². The van der Waals surface area contributed by atoms with Crippen molar-refractivity contribution in [2.75, 3.05) is 47.6 Å². The van der Waals surface area contributed by atoms with Crippen molar-refractivity contribution >= 4 is 40.7 Å². The highest BCUT2D eigenvalue weighted by molar-refractivity contribution is 6.30. The van der Waals surface area contributed by atoms with E-state index in [9.17, 15) is 14.7 Å². The lowest BCUT2D eigenvalue weighted by Gasteiger charge is -2.43. The summed E-state index contributed by atoms with van der Waals surface area (Å²) in [6.07, 6.45) is 1.08. The number of benzene rings is 2. The number of ether oxygens (including phenoxy) is 1. The second-order valence-corrected chi connectivity index (χ2v) is 8.97. The number of nitrogens with zero attached hydrogens (tertiary/aromatic N) is 4. The van der Waals surface area contributed by atoms with Crippen molar-refractivity contribution in [2.45, 2.75) is 39.3 Å². The highest BCUT2D eigenvalue weighted by Crippen LogP contribution is 2.34. The third kappa shape index (κ3) is 4.99. The quantitative estimate of drug-likeness (QED) is 0.636. The summed E-state index contributed by atoms with van der Waals surface area (Å²) >= 11 is 6.12. The van der Waals surface area contributed by atoms with Crippen LogP contribution in [0.15, 0.2) is 42.5 Å². The number of anilines is 3. The van der Waals surface area contributed by atoms with Crippen LogP contribution in [0.1, 0.15) is 32.3 Å². The molecule has 2 amide bonds. The third-order valence-electron chi connectivity index (χ3n) is 6.45. The van der Waals surface area contributed by atoms with Crippen LogP contribution in [0.3, 0.4) is 0 Å². The van der Waals surface area contributed by atoms with Gasteiger partial charge in [-0.3, -0.25) is 9.69 Å². The summed E-state index contributed by atoms with van der Waals surface area (Å²) in [6, 6.07) is 13.3. The fraction of sp³-hybridized carbons (Fsp3) is 0.440. The van der Waals surface area contributed by atoms with Crippen LogP contribution >= 0.6 is 11.6 Å². The van der Waals surface area contributed by atoms with Crippen LogP contribution in [0.25, 0.3) is 0 Å². The molecule has 2 aliphatic rings. The molecule has 0 aromatic heterocycles. The zero-order chi connectivity index (χ0) is 24.2. The summed E-state index contributed by atoms with van der Waals surface area (Å²) < 4.78 is 5.39. The van der Waals surface area contributed by atoms with E-state index >= 15 is 0 Å². The highest BCUT2D eigenvalue weighted by atomic mass is 35.5. The van der Waals surface area contributed by atoms with Crippen LogP contribution in [0.2, 0.25) is 5.02 Å². The molecule has 0 radical (unpaired) electrons. The maximum absolute atomic E-state index is 12.6. The lowest BCUT2D eigenvalue weighted by molar-refractivity contribution is -0.119. The number of hydrogen-bond donors (Lipinski definition) is 1. The minimum Gasteiger partial charge on any atom is -0.444 e. The Kier molecular flexibility index (Phi) is 7.60. The molecule has 0 saturated carbocycles. The highest BCUT2D eigenvalue weighted by Gasteiger charge is 2.36. The van der Waals surface area contributed by atoms with Crippen LogP contribution in [0.4, 0.5) is 21.9 Å². The maximum Gasteiger partial charge on any atom is 0.414 e. The lowest BCUT2D eigenvalue weighted by Crippen LogP contribution is -2.55. The van der Waals surface area contributed by atoms with Gasteiger partial charge in [-0.15, -0.1) is 0 Å². The van der Waals surface area contributed by atoms with Crippen molar-refractivity contribution in [3.8, 4) is 0 Å². The smallest absolute Gasteiger partial charge is 0.414 e. The number of likely N-dealkylation sites (N-methyl/N-ethyl adjacent to an activating group) is 1. The minimum atomic E-state index is -0.337. The first kappa shape index (κ1) is 24.3. The van der Waals surface area contributed by atoms with Crippen molar-refractivity contribution in [3.05, 3.63) is 53.1 Å². The van der Waals surface area contributed by atoms with Crippen molar-refractivity contribution in [1.82, 2.24) is 5.01 Å². The number of aliphatic hydroxyl groups excluding tert-OH is 1.